The Morgan fingerprint density at radius 3 is 2.68 bits per heavy atom. The van der Waals surface area contributed by atoms with Crippen LogP contribution in [0.4, 0.5) is 5.13 Å². The van der Waals surface area contributed by atoms with Gasteiger partial charge in [0, 0.05) is 56.9 Å². The van der Waals surface area contributed by atoms with Crippen molar-refractivity contribution in [2.75, 3.05) is 51.3 Å². The number of fused-ring (bicyclic) bond motifs is 2. The van der Waals surface area contributed by atoms with Crippen molar-refractivity contribution in [1.29, 1.82) is 0 Å². The normalized spacial score (nSPS) is 22.9. The zero-order valence-corrected chi connectivity index (χ0v) is 24.6. The average molecular weight is 575 g/mol. The Labute approximate surface area is 245 Å². The highest BCUT2D eigenvalue weighted by Gasteiger charge is 2.46. The number of rotatable bonds is 9. The summed E-state index contributed by atoms with van der Waals surface area (Å²) in [6.45, 7) is 8.44. The lowest BCUT2D eigenvalue weighted by Gasteiger charge is -2.35. The van der Waals surface area contributed by atoms with Gasteiger partial charge in [-0.2, -0.15) is 0 Å². The largest absolute Gasteiger partial charge is 0.488 e. The number of carbonyl (C=O) groups is 1. The molecule has 2 bridgehead atoms. The van der Waals surface area contributed by atoms with Crippen molar-refractivity contribution in [3.8, 4) is 17.0 Å². The summed E-state index contributed by atoms with van der Waals surface area (Å²) in [6, 6.07) is 12.8. The molecule has 3 fully saturated rings. The van der Waals surface area contributed by atoms with Gasteiger partial charge in [0.15, 0.2) is 5.13 Å². The summed E-state index contributed by atoms with van der Waals surface area (Å²) in [7, 11) is 1.80. The fraction of sp³-hybridized carbons (Fsp3) is 0.469. The molecule has 216 valence electrons. The molecule has 1 aromatic heterocycles. The highest BCUT2D eigenvalue weighted by Crippen LogP contribution is 2.44. The lowest BCUT2D eigenvalue weighted by Crippen LogP contribution is -2.44. The predicted molar refractivity (Wildman–Crippen MR) is 162 cm³/mol. The first kappa shape index (κ1) is 27.9. The molecule has 1 N–H and O–H groups in total. The SMILES string of the molecule is CN=Cc1cc(CN2CCOCC2)ccc1COc1ccc(C)cc1-c1csc(N2C[C@H]3CC[C@@H](C2)C3C(=O)O)n1. The number of piperidine rings is 1. The maximum Gasteiger partial charge on any atom is 0.307 e. The molecule has 0 amide bonds. The van der Waals surface area contributed by atoms with E-state index >= 15 is 0 Å². The first-order chi connectivity index (χ1) is 20.0. The summed E-state index contributed by atoms with van der Waals surface area (Å²) in [5.74, 6) is 0.362. The lowest BCUT2D eigenvalue weighted by atomic mass is 9.85. The molecule has 2 aromatic carbocycles. The van der Waals surface area contributed by atoms with E-state index in [0.717, 1.165) is 97.6 Å². The van der Waals surface area contributed by atoms with Crippen molar-refractivity contribution in [3.05, 3.63) is 64.0 Å². The van der Waals surface area contributed by atoms with Gasteiger partial charge in [0.2, 0.25) is 0 Å². The van der Waals surface area contributed by atoms with Crippen LogP contribution in [0.5, 0.6) is 5.75 Å². The minimum Gasteiger partial charge on any atom is -0.488 e. The number of benzene rings is 2. The lowest BCUT2D eigenvalue weighted by molar-refractivity contribution is -0.144. The molecular weight excluding hydrogens is 536 g/mol. The van der Waals surface area contributed by atoms with Gasteiger partial charge in [0.25, 0.3) is 0 Å². The Hall–Kier alpha value is -3.27. The van der Waals surface area contributed by atoms with Crippen LogP contribution in [0.25, 0.3) is 11.3 Å². The maximum atomic E-state index is 11.8. The van der Waals surface area contributed by atoms with Gasteiger partial charge >= 0.3 is 5.97 Å². The molecule has 3 atom stereocenters. The Kier molecular flexibility index (Phi) is 8.37. The van der Waals surface area contributed by atoms with Crippen LogP contribution in [-0.4, -0.2) is 73.6 Å². The average Bonchev–Trinajstić information content (AvgIpc) is 3.57. The fourth-order valence-corrected chi connectivity index (χ4v) is 7.44. The van der Waals surface area contributed by atoms with Crippen molar-refractivity contribution < 1.29 is 19.4 Å². The Balaban J connectivity index is 1.18. The summed E-state index contributed by atoms with van der Waals surface area (Å²) in [5.41, 5.74) is 6.44. The second-order valence-electron chi connectivity index (χ2n) is 11.5. The van der Waals surface area contributed by atoms with Crippen LogP contribution in [0.3, 0.4) is 0 Å². The molecule has 6 rings (SSSR count). The third-order valence-electron chi connectivity index (χ3n) is 8.66. The van der Waals surface area contributed by atoms with Crippen LogP contribution < -0.4 is 9.64 Å². The molecule has 3 aliphatic rings. The van der Waals surface area contributed by atoms with Crippen molar-refractivity contribution in [1.82, 2.24) is 9.88 Å². The molecule has 41 heavy (non-hydrogen) atoms. The van der Waals surface area contributed by atoms with Gasteiger partial charge in [0.1, 0.15) is 12.4 Å². The third kappa shape index (κ3) is 6.17. The molecule has 3 heterocycles. The summed E-state index contributed by atoms with van der Waals surface area (Å²) in [4.78, 5) is 25.8. The molecule has 0 spiro atoms. The quantitative estimate of drug-likeness (QED) is 0.355. The first-order valence-electron chi connectivity index (χ1n) is 14.5. The van der Waals surface area contributed by atoms with Crippen LogP contribution in [-0.2, 0) is 22.7 Å². The van der Waals surface area contributed by atoms with E-state index < -0.39 is 5.97 Å². The Bertz CT molecular complexity index is 1400. The number of ether oxygens (including phenoxy) is 2. The van der Waals surface area contributed by atoms with E-state index in [1.165, 1.54) is 5.56 Å². The summed E-state index contributed by atoms with van der Waals surface area (Å²) in [6.07, 6.45) is 3.89. The molecule has 2 aliphatic heterocycles. The van der Waals surface area contributed by atoms with Crippen LogP contribution >= 0.6 is 11.3 Å². The number of aliphatic carboxylic acids is 1. The van der Waals surface area contributed by atoms with Gasteiger partial charge in [-0.1, -0.05) is 23.8 Å². The Morgan fingerprint density at radius 2 is 1.95 bits per heavy atom. The van der Waals surface area contributed by atoms with E-state index in [-0.39, 0.29) is 17.8 Å². The molecular formula is C32H38N4O4S. The number of hydrogen-bond donors (Lipinski definition) is 1. The van der Waals surface area contributed by atoms with E-state index in [1.54, 1.807) is 18.4 Å². The van der Waals surface area contributed by atoms with Gasteiger partial charge in [-0.05, 0) is 66.5 Å². The van der Waals surface area contributed by atoms with Crippen LogP contribution in [0.15, 0.2) is 46.8 Å². The number of thiazole rings is 1. The van der Waals surface area contributed by atoms with Crippen LogP contribution in [0, 0.1) is 24.7 Å². The van der Waals surface area contributed by atoms with Crippen molar-refractivity contribution in [2.24, 2.45) is 22.7 Å². The van der Waals surface area contributed by atoms with Gasteiger partial charge < -0.3 is 19.5 Å². The highest BCUT2D eigenvalue weighted by molar-refractivity contribution is 7.14. The number of aliphatic imine (C=N–C) groups is 1. The van der Waals surface area contributed by atoms with Crippen molar-refractivity contribution in [3.63, 3.8) is 0 Å². The van der Waals surface area contributed by atoms with E-state index in [9.17, 15) is 9.90 Å². The van der Waals surface area contributed by atoms with E-state index in [1.807, 2.05) is 12.3 Å². The minimum atomic E-state index is -0.640. The van der Waals surface area contributed by atoms with Crippen molar-refractivity contribution >= 4 is 28.7 Å². The molecule has 2 saturated heterocycles. The second-order valence-corrected chi connectivity index (χ2v) is 12.3. The zero-order chi connectivity index (χ0) is 28.3. The summed E-state index contributed by atoms with van der Waals surface area (Å²) >= 11 is 1.63. The number of anilines is 1. The number of carboxylic acids is 1. The van der Waals surface area contributed by atoms with Crippen LogP contribution in [0.2, 0.25) is 0 Å². The van der Waals surface area contributed by atoms with Gasteiger partial charge in [-0.25, -0.2) is 4.98 Å². The number of nitrogens with zero attached hydrogens (tertiary/aromatic N) is 4. The maximum absolute atomic E-state index is 11.8. The molecule has 8 nitrogen and oxygen atoms in total. The topological polar surface area (TPSA) is 87.5 Å². The van der Waals surface area contributed by atoms with Gasteiger partial charge in [-0.3, -0.25) is 14.7 Å². The minimum absolute atomic E-state index is 0.206. The molecule has 1 saturated carbocycles. The summed E-state index contributed by atoms with van der Waals surface area (Å²) < 4.78 is 11.9. The number of morpholine rings is 1. The monoisotopic (exact) mass is 574 g/mol. The predicted octanol–water partition coefficient (Wildman–Crippen LogP) is 5.13. The number of aromatic nitrogens is 1. The standard InChI is InChI=1S/C32H38N4O4S/c1-21-3-8-29(40-19-25-5-4-22(14-26(25)15-33-2)16-35-9-11-39-12-10-35)27(13-21)28-20-41-32(34-28)36-17-23-6-7-24(18-36)30(23)31(37)38/h3-5,8,13-15,20,23-24,30H,6-7,9-12,16-19H2,1-2H3,(H,37,38)/t23-,24+,30?. The number of hydrogen-bond acceptors (Lipinski definition) is 8. The van der Waals surface area contributed by atoms with E-state index in [2.05, 4.69) is 57.4 Å². The highest BCUT2D eigenvalue weighted by atomic mass is 32.1. The molecule has 1 unspecified atom stereocenters. The Morgan fingerprint density at radius 1 is 1.17 bits per heavy atom. The molecule has 1 aliphatic carbocycles. The second kappa shape index (κ2) is 12.3. The summed E-state index contributed by atoms with van der Waals surface area (Å²) in [5, 5.41) is 12.7. The van der Waals surface area contributed by atoms with Crippen LogP contribution in [0.1, 0.15) is 35.1 Å². The van der Waals surface area contributed by atoms with E-state index in [0.29, 0.717) is 6.61 Å². The zero-order valence-electron chi connectivity index (χ0n) is 23.8. The molecule has 3 aromatic rings. The molecule has 0 radical (unpaired) electrons. The fourth-order valence-electron chi connectivity index (χ4n) is 6.59. The number of aryl methyl sites for hydroxylation is 1. The molecule has 9 heteroatoms. The third-order valence-corrected chi connectivity index (χ3v) is 9.57. The first-order valence-corrected chi connectivity index (χ1v) is 15.4. The van der Waals surface area contributed by atoms with Crippen molar-refractivity contribution in [2.45, 2.75) is 32.9 Å². The van der Waals surface area contributed by atoms with Gasteiger partial charge in [0.05, 0.1) is 24.8 Å². The smallest absolute Gasteiger partial charge is 0.307 e. The van der Waals surface area contributed by atoms with Gasteiger partial charge in [-0.15, -0.1) is 11.3 Å². The number of carboxylic acid groups (broad SMARTS) is 1. The van der Waals surface area contributed by atoms with E-state index in [4.69, 9.17) is 14.5 Å².